The van der Waals surface area contributed by atoms with Crippen LogP contribution in [0.4, 0.5) is 5.69 Å². The Kier molecular flexibility index (Phi) is 5.34. The van der Waals surface area contributed by atoms with Crippen molar-refractivity contribution in [1.82, 2.24) is 9.55 Å². The molecule has 0 bridgehead atoms. The van der Waals surface area contributed by atoms with E-state index in [1.54, 1.807) is 17.8 Å². The molecule has 0 aliphatic rings. The van der Waals surface area contributed by atoms with Gasteiger partial charge in [0, 0.05) is 4.47 Å². The number of amides is 1. The molecule has 0 radical (unpaired) electrons. The topological polar surface area (TPSA) is 64.0 Å². The van der Waals surface area contributed by atoms with Crippen LogP contribution in [-0.4, -0.2) is 15.5 Å². The van der Waals surface area contributed by atoms with Crippen LogP contribution in [0, 0.1) is 13.8 Å². The summed E-state index contributed by atoms with van der Waals surface area (Å²) in [4.78, 5) is 31.4. The Hall–Kier alpha value is -2.77. The number of thiophene rings is 1. The summed E-state index contributed by atoms with van der Waals surface area (Å²) in [5.41, 5.74) is 3.32. The van der Waals surface area contributed by atoms with E-state index in [1.165, 1.54) is 11.3 Å². The number of nitrogens with zero attached hydrogens (tertiary/aromatic N) is 2. The van der Waals surface area contributed by atoms with Crippen molar-refractivity contribution in [2.24, 2.45) is 0 Å². The van der Waals surface area contributed by atoms with E-state index in [0.717, 1.165) is 15.6 Å². The van der Waals surface area contributed by atoms with Gasteiger partial charge in [-0.2, -0.15) is 0 Å². The number of carbonyl (C=O) groups excluding carboxylic acids is 1. The summed E-state index contributed by atoms with van der Waals surface area (Å²) in [5, 5.41) is 3.42. The van der Waals surface area contributed by atoms with E-state index in [-0.39, 0.29) is 11.5 Å². The summed E-state index contributed by atoms with van der Waals surface area (Å²) in [6.45, 7) is 4.22. The van der Waals surface area contributed by atoms with Gasteiger partial charge in [-0.05, 0) is 58.6 Å². The molecular weight excluding hydrogens is 450 g/mol. The third kappa shape index (κ3) is 3.88. The van der Waals surface area contributed by atoms with Gasteiger partial charge in [0.1, 0.15) is 4.83 Å². The molecule has 2 aromatic heterocycles. The number of benzene rings is 2. The van der Waals surface area contributed by atoms with Gasteiger partial charge in [-0.3, -0.25) is 14.2 Å². The molecule has 0 saturated heterocycles. The van der Waals surface area contributed by atoms with Gasteiger partial charge in [-0.15, -0.1) is 11.3 Å². The minimum Gasteiger partial charge on any atom is -0.320 e. The van der Waals surface area contributed by atoms with Crippen molar-refractivity contribution in [3.05, 3.63) is 91.3 Å². The number of carbonyl (C=O) groups is 1. The molecule has 2 aromatic carbocycles. The van der Waals surface area contributed by atoms with Crippen LogP contribution in [0.25, 0.3) is 10.2 Å². The highest BCUT2D eigenvalue weighted by Crippen LogP contribution is 2.29. The maximum Gasteiger partial charge on any atom is 0.266 e. The van der Waals surface area contributed by atoms with Crippen LogP contribution < -0.4 is 10.9 Å². The van der Waals surface area contributed by atoms with Crippen molar-refractivity contribution in [2.75, 3.05) is 5.32 Å². The van der Waals surface area contributed by atoms with Crippen LogP contribution >= 0.6 is 27.3 Å². The quantitative estimate of drug-likeness (QED) is 0.451. The Morgan fingerprint density at radius 3 is 2.66 bits per heavy atom. The Labute approximate surface area is 180 Å². The number of rotatable bonds is 4. The second kappa shape index (κ2) is 7.93. The van der Waals surface area contributed by atoms with E-state index in [0.29, 0.717) is 32.9 Å². The fourth-order valence-corrected chi connectivity index (χ4v) is 4.80. The second-order valence-electron chi connectivity index (χ2n) is 6.84. The molecule has 4 aromatic rings. The number of fused-ring (bicyclic) bond motifs is 1. The molecule has 0 unspecified atom stereocenters. The lowest BCUT2D eigenvalue weighted by Gasteiger charge is -2.07. The number of anilines is 1. The molecule has 2 heterocycles. The molecule has 5 nitrogen and oxygen atoms in total. The molecule has 1 amide bonds. The highest BCUT2D eigenvalue weighted by atomic mass is 79.9. The first kappa shape index (κ1) is 19.5. The molecule has 0 aliphatic carbocycles. The number of halogens is 1. The number of nitrogens with one attached hydrogen (secondary N) is 1. The summed E-state index contributed by atoms with van der Waals surface area (Å²) in [5.74, 6) is -0.246. The average molecular weight is 468 g/mol. The van der Waals surface area contributed by atoms with Crippen molar-refractivity contribution >= 4 is 49.1 Å². The molecule has 0 fully saturated rings. The van der Waals surface area contributed by atoms with E-state index in [2.05, 4.69) is 26.2 Å². The molecule has 146 valence electrons. The summed E-state index contributed by atoms with van der Waals surface area (Å²) in [6.07, 6.45) is 1.55. The second-order valence-corrected chi connectivity index (χ2v) is 8.69. The Morgan fingerprint density at radius 1 is 1.17 bits per heavy atom. The van der Waals surface area contributed by atoms with E-state index in [9.17, 15) is 9.59 Å². The van der Waals surface area contributed by atoms with Crippen molar-refractivity contribution in [3.63, 3.8) is 0 Å². The number of hydrogen-bond acceptors (Lipinski definition) is 4. The molecule has 0 atom stereocenters. The fourth-order valence-electron chi connectivity index (χ4n) is 3.17. The van der Waals surface area contributed by atoms with Crippen LogP contribution in [0.3, 0.4) is 0 Å². The number of hydrogen-bond donors (Lipinski definition) is 1. The van der Waals surface area contributed by atoms with Gasteiger partial charge >= 0.3 is 0 Å². The zero-order valence-electron chi connectivity index (χ0n) is 15.9. The lowest BCUT2D eigenvalue weighted by atomic mass is 10.2. The Bertz CT molecular complexity index is 1280. The molecule has 0 aliphatic heterocycles. The number of aryl methyl sites for hydroxylation is 2. The van der Waals surface area contributed by atoms with Gasteiger partial charge in [0.2, 0.25) is 0 Å². The lowest BCUT2D eigenvalue weighted by molar-refractivity contribution is 0.103. The van der Waals surface area contributed by atoms with Gasteiger partial charge in [-0.1, -0.05) is 36.4 Å². The van der Waals surface area contributed by atoms with E-state index < -0.39 is 0 Å². The summed E-state index contributed by atoms with van der Waals surface area (Å²) >= 11 is 4.71. The Balaban J connectivity index is 1.69. The lowest BCUT2D eigenvalue weighted by Crippen LogP contribution is -2.21. The first-order chi connectivity index (χ1) is 13.9. The van der Waals surface area contributed by atoms with E-state index in [1.807, 2.05) is 55.5 Å². The largest absolute Gasteiger partial charge is 0.320 e. The normalized spacial score (nSPS) is 11.0. The average Bonchev–Trinajstić information content (AvgIpc) is 3.04. The van der Waals surface area contributed by atoms with Crippen molar-refractivity contribution in [1.29, 1.82) is 0 Å². The molecular formula is C22H18BrN3O2S. The molecule has 1 N–H and O–H groups in total. The van der Waals surface area contributed by atoms with Crippen molar-refractivity contribution < 1.29 is 4.79 Å². The molecule has 4 rings (SSSR count). The molecule has 0 spiro atoms. The summed E-state index contributed by atoms with van der Waals surface area (Å²) < 4.78 is 2.39. The monoisotopic (exact) mass is 467 g/mol. The van der Waals surface area contributed by atoms with Gasteiger partial charge in [0.15, 0.2) is 0 Å². The van der Waals surface area contributed by atoms with Crippen molar-refractivity contribution in [2.45, 2.75) is 20.4 Å². The Morgan fingerprint density at radius 2 is 1.93 bits per heavy atom. The highest BCUT2D eigenvalue weighted by molar-refractivity contribution is 9.10. The minimum absolute atomic E-state index is 0.136. The predicted octanol–water partition coefficient (Wildman–Crippen LogP) is 5.14. The number of aromatic nitrogens is 2. The SMILES string of the molecule is Cc1ccc(NC(=O)c2sc3ncn(Cc4ccccc4)c(=O)c3c2C)c(Br)c1. The third-order valence-corrected chi connectivity index (χ3v) is 6.55. The maximum atomic E-state index is 13.0. The van der Waals surface area contributed by atoms with Gasteiger partial charge in [0.25, 0.3) is 11.5 Å². The van der Waals surface area contributed by atoms with Gasteiger partial charge in [-0.25, -0.2) is 4.98 Å². The zero-order valence-corrected chi connectivity index (χ0v) is 18.3. The van der Waals surface area contributed by atoms with E-state index in [4.69, 9.17) is 0 Å². The van der Waals surface area contributed by atoms with Gasteiger partial charge < -0.3 is 5.32 Å². The predicted molar refractivity (Wildman–Crippen MR) is 121 cm³/mol. The third-order valence-electron chi connectivity index (χ3n) is 4.69. The smallest absolute Gasteiger partial charge is 0.266 e. The molecule has 0 saturated carbocycles. The zero-order chi connectivity index (χ0) is 20.5. The maximum absolute atomic E-state index is 13.0. The van der Waals surface area contributed by atoms with Gasteiger partial charge in [0.05, 0.1) is 28.8 Å². The van der Waals surface area contributed by atoms with Crippen molar-refractivity contribution in [3.8, 4) is 0 Å². The summed E-state index contributed by atoms with van der Waals surface area (Å²) in [6, 6.07) is 15.5. The van der Waals surface area contributed by atoms with E-state index >= 15 is 0 Å². The minimum atomic E-state index is -0.246. The molecule has 29 heavy (non-hydrogen) atoms. The van der Waals surface area contributed by atoms with Crippen LogP contribution in [-0.2, 0) is 6.54 Å². The fraction of sp³-hybridized carbons (Fsp3) is 0.136. The standard InChI is InChI=1S/C22H18BrN3O2S/c1-13-8-9-17(16(23)10-13)25-20(27)19-14(2)18-21(29-19)24-12-26(22(18)28)11-15-6-4-3-5-7-15/h3-10,12H,11H2,1-2H3,(H,25,27). The highest BCUT2D eigenvalue weighted by Gasteiger charge is 2.20. The first-order valence-electron chi connectivity index (χ1n) is 9.04. The van der Waals surface area contributed by atoms with Crippen LogP contribution in [0.15, 0.2) is 64.1 Å². The summed E-state index contributed by atoms with van der Waals surface area (Å²) in [7, 11) is 0. The van der Waals surface area contributed by atoms with Crippen LogP contribution in [0.5, 0.6) is 0 Å². The van der Waals surface area contributed by atoms with Crippen LogP contribution in [0.1, 0.15) is 26.4 Å². The molecule has 7 heteroatoms. The van der Waals surface area contributed by atoms with Crippen LogP contribution in [0.2, 0.25) is 0 Å². The first-order valence-corrected chi connectivity index (χ1v) is 10.6.